The number of halogens is 1. The third-order valence-corrected chi connectivity index (χ3v) is 5.44. The van der Waals surface area contributed by atoms with Gasteiger partial charge in [0.15, 0.2) is 5.82 Å². The zero-order chi connectivity index (χ0) is 15.5. The summed E-state index contributed by atoms with van der Waals surface area (Å²) in [5.74, 6) is 3.47. The van der Waals surface area contributed by atoms with Crippen LogP contribution in [0.5, 0.6) is 5.75 Å². The molecule has 0 saturated heterocycles. The average Bonchev–Trinajstić information content (AvgIpc) is 3.09. The van der Waals surface area contributed by atoms with Crippen LogP contribution in [0.4, 0.5) is 0 Å². The van der Waals surface area contributed by atoms with Gasteiger partial charge in [-0.25, -0.2) is 0 Å². The summed E-state index contributed by atoms with van der Waals surface area (Å²) in [6.45, 7) is 2.17. The van der Waals surface area contributed by atoms with Gasteiger partial charge in [-0.1, -0.05) is 29.9 Å². The minimum absolute atomic E-state index is 0.574. The van der Waals surface area contributed by atoms with E-state index in [-0.39, 0.29) is 0 Å². The highest BCUT2D eigenvalue weighted by molar-refractivity contribution is 7.98. The third kappa shape index (κ3) is 3.06. The predicted molar refractivity (Wildman–Crippen MR) is 92.1 cm³/mol. The molecule has 0 fully saturated rings. The number of thioether (sulfide) groups is 1. The SMILES string of the molecule is CCCSCc1nnc2sc(-c3ccc(OC)c(Cl)c3)nn12. The highest BCUT2D eigenvalue weighted by Crippen LogP contribution is 2.32. The zero-order valence-electron chi connectivity index (χ0n) is 12.2. The molecular formula is C14H15ClN4OS2. The van der Waals surface area contributed by atoms with E-state index in [9.17, 15) is 0 Å². The first-order valence-corrected chi connectivity index (χ1v) is 9.20. The van der Waals surface area contributed by atoms with Gasteiger partial charge < -0.3 is 4.74 Å². The second kappa shape index (κ2) is 6.85. The third-order valence-electron chi connectivity index (χ3n) is 3.03. The summed E-state index contributed by atoms with van der Waals surface area (Å²) in [6.07, 6.45) is 1.15. The van der Waals surface area contributed by atoms with E-state index in [1.807, 2.05) is 34.5 Å². The fraction of sp³-hybridized carbons (Fsp3) is 0.357. The lowest BCUT2D eigenvalue weighted by Crippen LogP contribution is -1.94. The number of hydrogen-bond donors (Lipinski definition) is 0. The van der Waals surface area contributed by atoms with E-state index in [2.05, 4.69) is 22.2 Å². The van der Waals surface area contributed by atoms with Gasteiger partial charge in [-0.15, -0.1) is 10.2 Å². The van der Waals surface area contributed by atoms with Crippen molar-refractivity contribution in [2.45, 2.75) is 19.1 Å². The van der Waals surface area contributed by atoms with Gasteiger partial charge >= 0.3 is 0 Å². The standard InChI is InChI=1S/C14H15ClN4OS2/c1-3-6-21-8-12-16-17-14-19(12)18-13(22-14)9-4-5-11(20-2)10(15)7-9/h4-5,7H,3,6,8H2,1-2H3. The van der Waals surface area contributed by atoms with Crippen molar-refractivity contribution in [1.29, 1.82) is 0 Å². The van der Waals surface area contributed by atoms with E-state index in [4.69, 9.17) is 16.3 Å². The molecular weight excluding hydrogens is 340 g/mol. The van der Waals surface area contributed by atoms with Crippen molar-refractivity contribution in [1.82, 2.24) is 19.8 Å². The molecule has 0 saturated carbocycles. The minimum Gasteiger partial charge on any atom is -0.495 e. The zero-order valence-corrected chi connectivity index (χ0v) is 14.6. The van der Waals surface area contributed by atoms with Crippen LogP contribution in [0.1, 0.15) is 19.2 Å². The predicted octanol–water partition coefficient (Wildman–Crippen LogP) is 4.16. The molecule has 8 heteroatoms. The van der Waals surface area contributed by atoms with E-state index in [1.165, 1.54) is 11.3 Å². The fourth-order valence-corrected chi connectivity index (χ4v) is 3.88. The molecule has 0 bridgehead atoms. The van der Waals surface area contributed by atoms with Crippen LogP contribution in [0, 0.1) is 0 Å². The molecule has 5 nitrogen and oxygen atoms in total. The molecule has 0 aliphatic heterocycles. The lowest BCUT2D eigenvalue weighted by molar-refractivity contribution is 0.415. The summed E-state index contributed by atoms with van der Waals surface area (Å²) in [7, 11) is 1.60. The summed E-state index contributed by atoms with van der Waals surface area (Å²) < 4.78 is 6.99. The molecule has 0 aliphatic carbocycles. The van der Waals surface area contributed by atoms with Crippen molar-refractivity contribution in [2.75, 3.05) is 12.9 Å². The number of hydrogen-bond acceptors (Lipinski definition) is 6. The van der Waals surface area contributed by atoms with Crippen LogP contribution in [-0.4, -0.2) is 32.7 Å². The van der Waals surface area contributed by atoms with Crippen molar-refractivity contribution in [3.63, 3.8) is 0 Å². The Morgan fingerprint density at radius 1 is 1.36 bits per heavy atom. The number of benzene rings is 1. The Bertz CT molecular complexity index is 786. The topological polar surface area (TPSA) is 52.3 Å². The minimum atomic E-state index is 0.574. The van der Waals surface area contributed by atoms with Crippen molar-refractivity contribution in [2.24, 2.45) is 0 Å². The maximum absolute atomic E-state index is 6.18. The first kappa shape index (κ1) is 15.6. The molecule has 1 aromatic carbocycles. The van der Waals surface area contributed by atoms with Crippen LogP contribution >= 0.6 is 34.7 Å². The van der Waals surface area contributed by atoms with E-state index < -0.39 is 0 Å². The molecule has 0 spiro atoms. The van der Waals surface area contributed by atoms with E-state index >= 15 is 0 Å². The highest BCUT2D eigenvalue weighted by Gasteiger charge is 2.14. The van der Waals surface area contributed by atoms with Crippen LogP contribution < -0.4 is 4.74 Å². The summed E-state index contributed by atoms with van der Waals surface area (Å²) >= 11 is 9.53. The molecule has 0 radical (unpaired) electrons. The van der Waals surface area contributed by atoms with Gasteiger partial charge in [0.25, 0.3) is 0 Å². The van der Waals surface area contributed by atoms with E-state index in [0.29, 0.717) is 10.8 Å². The van der Waals surface area contributed by atoms with Gasteiger partial charge in [0, 0.05) is 5.56 Å². The molecule has 0 N–H and O–H groups in total. The number of ether oxygens (including phenoxy) is 1. The van der Waals surface area contributed by atoms with Gasteiger partial charge in [0.05, 0.1) is 17.9 Å². The van der Waals surface area contributed by atoms with Gasteiger partial charge in [-0.3, -0.25) is 0 Å². The smallest absolute Gasteiger partial charge is 0.235 e. The Morgan fingerprint density at radius 2 is 2.23 bits per heavy atom. The Kier molecular flexibility index (Phi) is 4.85. The maximum atomic E-state index is 6.18. The van der Waals surface area contributed by atoms with Crippen LogP contribution in [0.2, 0.25) is 5.02 Å². The van der Waals surface area contributed by atoms with Crippen LogP contribution in [0.15, 0.2) is 18.2 Å². The molecule has 116 valence electrons. The number of rotatable bonds is 6. The summed E-state index contributed by atoms with van der Waals surface area (Å²) in [5, 5.41) is 14.5. The Morgan fingerprint density at radius 3 is 2.95 bits per heavy atom. The molecule has 22 heavy (non-hydrogen) atoms. The van der Waals surface area contributed by atoms with Gasteiger partial charge in [0.1, 0.15) is 10.8 Å². The van der Waals surface area contributed by atoms with Crippen molar-refractivity contribution < 1.29 is 4.74 Å². The van der Waals surface area contributed by atoms with E-state index in [1.54, 1.807) is 7.11 Å². The summed E-state index contributed by atoms with van der Waals surface area (Å²) in [6, 6.07) is 5.65. The number of fused-ring (bicyclic) bond motifs is 1. The molecule has 3 aromatic rings. The quantitative estimate of drug-likeness (QED) is 0.622. The number of aromatic nitrogens is 4. The van der Waals surface area contributed by atoms with E-state index in [0.717, 1.165) is 39.3 Å². The normalized spacial score (nSPS) is 11.2. The molecule has 0 amide bonds. The molecule has 0 unspecified atom stereocenters. The molecule has 2 aromatic heterocycles. The Hall–Kier alpha value is -1.31. The van der Waals surface area contributed by atoms with Crippen molar-refractivity contribution >= 4 is 39.7 Å². The Labute approximate surface area is 141 Å². The van der Waals surface area contributed by atoms with Gasteiger partial charge in [-0.05, 0) is 30.4 Å². The number of methoxy groups -OCH3 is 1. The summed E-state index contributed by atoms with van der Waals surface area (Å²) in [5.41, 5.74) is 0.952. The lowest BCUT2D eigenvalue weighted by Gasteiger charge is -2.03. The lowest BCUT2D eigenvalue weighted by atomic mass is 10.2. The first-order valence-electron chi connectivity index (χ1n) is 6.85. The second-order valence-corrected chi connectivity index (χ2v) is 7.09. The molecule has 3 rings (SSSR count). The molecule has 0 aliphatic rings. The monoisotopic (exact) mass is 354 g/mol. The number of nitrogens with zero attached hydrogens (tertiary/aromatic N) is 4. The van der Waals surface area contributed by atoms with Gasteiger partial charge in [0.2, 0.25) is 4.96 Å². The Balaban J connectivity index is 1.90. The van der Waals surface area contributed by atoms with Crippen LogP contribution in [-0.2, 0) is 5.75 Å². The van der Waals surface area contributed by atoms with Crippen molar-refractivity contribution in [3.8, 4) is 16.3 Å². The molecule has 2 heterocycles. The largest absolute Gasteiger partial charge is 0.495 e. The maximum Gasteiger partial charge on any atom is 0.235 e. The fourth-order valence-electron chi connectivity index (χ4n) is 1.97. The van der Waals surface area contributed by atoms with Crippen LogP contribution in [0.25, 0.3) is 15.5 Å². The van der Waals surface area contributed by atoms with Crippen molar-refractivity contribution in [3.05, 3.63) is 29.0 Å². The molecule has 0 atom stereocenters. The highest BCUT2D eigenvalue weighted by atomic mass is 35.5. The second-order valence-electron chi connectivity index (χ2n) is 4.62. The first-order chi connectivity index (χ1) is 10.7. The summed E-state index contributed by atoms with van der Waals surface area (Å²) in [4.78, 5) is 0.800. The van der Waals surface area contributed by atoms with Crippen LogP contribution in [0.3, 0.4) is 0 Å². The van der Waals surface area contributed by atoms with Gasteiger partial charge in [-0.2, -0.15) is 21.4 Å². The average molecular weight is 355 g/mol.